The number of carboxylic acid groups (broad SMARTS) is 2. The molecule has 2 N–H and O–H groups in total. The number of hydrogen-bond donors (Lipinski definition) is 2. The Kier molecular flexibility index (Phi) is 4.42. The van der Waals surface area contributed by atoms with E-state index >= 15 is 0 Å². The number of rotatable bonds is 5. The van der Waals surface area contributed by atoms with Gasteiger partial charge in [0.25, 0.3) is 0 Å². The van der Waals surface area contributed by atoms with Gasteiger partial charge in [-0.3, -0.25) is 0 Å². The van der Waals surface area contributed by atoms with Gasteiger partial charge in [0.2, 0.25) is 0 Å². The van der Waals surface area contributed by atoms with Crippen LogP contribution in [0.5, 0.6) is 0 Å². The smallest absolute Gasteiger partial charge is 0.335 e. The van der Waals surface area contributed by atoms with Crippen LogP contribution in [0.3, 0.4) is 0 Å². The molecule has 0 aliphatic rings. The molecule has 4 nitrogen and oxygen atoms in total. The zero-order chi connectivity index (χ0) is 14.5. The number of thioether (sulfide) groups is 1. The van der Waals surface area contributed by atoms with Crippen LogP contribution in [0, 0.1) is 0 Å². The van der Waals surface area contributed by atoms with Crippen LogP contribution < -0.4 is 0 Å². The fourth-order valence-electron chi connectivity index (χ4n) is 1.60. The van der Waals surface area contributed by atoms with Gasteiger partial charge >= 0.3 is 11.9 Å². The Bertz CT molecular complexity index is 560. The molecule has 0 atom stereocenters. The Morgan fingerprint density at radius 2 is 1.25 bits per heavy atom. The van der Waals surface area contributed by atoms with E-state index in [4.69, 9.17) is 10.2 Å². The molecule has 102 valence electrons. The predicted octanol–water partition coefficient (Wildman–Crippen LogP) is 3.38. The molecule has 0 saturated carbocycles. The summed E-state index contributed by atoms with van der Waals surface area (Å²) in [5.74, 6) is -1.17. The highest BCUT2D eigenvalue weighted by Crippen LogP contribution is 2.23. The molecule has 0 aliphatic heterocycles. The van der Waals surface area contributed by atoms with Crippen LogP contribution in [0.25, 0.3) is 0 Å². The van der Waals surface area contributed by atoms with Crippen molar-refractivity contribution in [1.29, 1.82) is 0 Å². The van der Waals surface area contributed by atoms with Gasteiger partial charge in [0.05, 0.1) is 11.1 Å². The zero-order valence-electron chi connectivity index (χ0n) is 10.4. The summed E-state index contributed by atoms with van der Waals surface area (Å²) in [7, 11) is 0. The summed E-state index contributed by atoms with van der Waals surface area (Å²) in [6, 6.07) is 13.4. The number of benzene rings is 2. The molecule has 0 aliphatic carbocycles. The summed E-state index contributed by atoms with van der Waals surface area (Å²) in [5.41, 5.74) is 1.55. The van der Waals surface area contributed by atoms with E-state index < -0.39 is 11.9 Å². The van der Waals surface area contributed by atoms with E-state index in [0.29, 0.717) is 5.75 Å². The van der Waals surface area contributed by atoms with Gasteiger partial charge in [-0.05, 0) is 42.0 Å². The fraction of sp³-hybridized carbons (Fsp3) is 0.0667. The van der Waals surface area contributed by atoms with Gasteiger partial charge in [-0.15, -0.1) is 11.8 Å². The third-order valence-electron chi connectivity index (χ3n) is 2.71. The van der Waals surface area contributed by atoms with E-state index in [0.717, 1.165) is 10.5 Å². The number of hydrogen-bond acceptors (Lipinski definition) is 3. The zero-order valence-corrected chi connectivity index (χ0v) is 11.3. The molecule has 0 fully saturated rings. The highest BCUT2D eigenvalue weighted by molar-refractivity contribution is 7.98. The second-order valence-corrected chi connectivity index (χ2v) is 5.17. The first-order valence-corrected chi connectivity index (χ1v) is 6.83. The van der Waals surface area contributed by atoms with E-state index in [9.17, 15) is 9.59 Å². The maximum atomic E-state index is 10.7. The summed E-state index contributed by atoms with van der Waals surface area (Å²) >= 11 is 1.57. The number of carboxylic acids is 2. The number of carbonyl (C=O) groups is 2. The van der Waals surface area contributed by atoms with Crippen molar-refractivity contribution in [2.75, 3.05) is 0 Å². The van der Waals surface area contributed by atoms with Gasteiger partial charge in [0.1, 0.15) is 0 Å². The van der Waals surface area contributed by atoms with Crippen molar-refractivity contribution in [3.05, 3.63) is 65.2 Å². The molecule has 0 amide bonds. The molecule has 0 heterocycles. The highest BCUT2D eigenvalue weighted by atomic mass is 32.2. The summed E-state index contributed by atoms with van der Waals surface area (Å²) < 4.78 is 0. The van der Waals surface area contributed by atoms with E-state index in [1.807, 2.05) is 0 Å². The molecule has 0 saturated heterocycles. The molecule has 20 heavy (non-hydrogen) atoms. The van der Waals surface area contributed by atoms with E-state index in [-0.39, 0.29) is 11.1 Å². The number of aromatic carboxylic acids is 2. The standard InChI is InChI=1S/C15H12O4S/c16-14(17)11-3-1-10(2-4-11)9-20-13-7-5-12(6-8-13)15(18)19/h1-8H,9H2,(H,16,17)(H,18,19). The highest BCUT2D eigenvalue weighted by Gasteiger charge is 2.04. The van der Waals surface area contributed by atoms with Crippen molar-refractivity contribution in [3.63, 3.8) is 0 Å². The molecule has 0 aromatic heterocycles. The molecule has 2 rings (SSSR count). The average molecular weight is 288 g/mol. The fourth-order valence-corrected chi connectivity index (χ4v) is 2.46. The van der Waals surface area contributed by atoms with Crippen LogP contribution >= 0.6 is 11.8 Å². The third-order valence-corrected chi connectivity index (χ3v) is 3.79. The van der Waals surface area contributed by atoms with Crippen molar-refractivity contribution >= 4 is 23.7 Å². The summed E-state index contributed by atoms with van der Waals surface area (Å²) in [5, 5.41) is 17.6. The predicted molar refractivity (Wildman–Crippen MR) is 76.4 cm³/mol. The van der Waals surface area contributed by atoms with Gasteiger partial charge in [-0.25, -0.2) is 9.59 Å². The van der Waals surface area contributed by atoms with Crippen LogP contribution in [0.1, 0.15) is 26.3 Å². The molecular weight excluding hydrogens is 276 g/mol. The SMILES string of the molecule is O=C(O)c1ccc(CSc2ccc(C(=O)O)cc2)cc1. The molecule has 2 aromatic rings. The Hall–Kier alpha value is -2.27. The Balaban J connectivity index is 1.97. The van der Waals surface area contributed by atoms with Crippen molar-refractivity contribution in [2.45, 2.75) is 10.6 Å². The monoisotopic (exact) mass is 288 g/mol. The largest absolute Gasteiger partial charge is 0.478 e. The van der Waals surface area contributed by atoms with Gasteiger partial charge in [0.15, 0.2) is 0 Å². The van der Waals surface area contributed by atoms with Gasteiger partial charge in [-0.1, -0.05) is 12.1 Å². The Morgan fingerprint density at radius 3 is 1.70 bits per heavy atom. The molecule has 0 bridgehead atoms. The van der Waals surface area contributed by atoms with Crippen LogP contribution in [0.2, 0.25) is 0 Å². The van der Waals surface area contributed by atoms with Crippen LogP contribution in [-0.4, -0.2) is 22.2 Å². The Morgan fingerprint density at radius 1 is 0.800 bits per heavy atom. The van der Waals surface area contributed by atoms with Crippen molar-refractivity contribution in [1.82, 2.24) is 0 Å². The summed E-state index contributed by atoms with van der Waals surface area (Å²) in [4.78, 5) is 22.4. The topological polar surface area (TPSA) is 74.6 Å². The lowest BCUT2D eigenvalue weighted by Crippen LogP contribution is -1.95. The van der Waals surface area contributed by atoms with Crippen molar-refractivity contribution in [3.8, 4) is 0 Å². The minimum atomic E-state index is -0.939. The van der Waals surface area contributed by atoms with Gasteiger partial charge < -0.3 is 10.2 Å². The maximum Gasteiger partial charge on any atom is 0.335 e. The lowest BCUT2D eigenvalue weighted by Gasteiger charge is -2.03. The lowest BCUT2D eigenvalue weighted by atomic mass is 10.1. The third kappa shape index (κ3) is 3.61. The molecule has 0 unspecified atom stereocenters. The van der Waals surface area contributed by atoms with Crippen molar-refractivity contribution in [2.24, 2.45) is 0 Å². The Labute approximate surface area is 120 Å². The second kappa shape index (κ2) is 6.25. The van der Waals surface area contributed by atoms with E-state index in [2.05, 4.69) is 0 Å². The van der Waals surface area contributed by atoms with E-state index in [1.54, 1.807) is 60.3 Å². The van der Waals surface area contributed by atoms with Crippen LogP contribution in [-0.2, 0) is 5.75 Å². The molecule has 5 heteroatoms. The van der Waals surface area contributed by atoms with Crippen LogP contribution in [0.4, 0.5) is 0 Å². The molecular formula is C15H12O4S. The van der Waals surface area contributed by atoms with Gasteiger partial charge in [-0.2, -0.15) is 0 Å². The first kappa shape index (κ1) is 14.1. The van der Waals surface area contributed by atoms with Crippen molar-refractivity contribution < 1.29 is 19.8 Å². The van der Waals surface area contributed by atoms with Gasteiger partial charge in [0, 0.05) is 10.6 Å². The molecule has 2 aromatic carbocycles. The van der Waals surface area contributed by atoms with E-state index in [1.165, 1.54) is 0 Å². The summed E-state index contributed by atoms with van der Waals surface area (Å²) in [6.45, 7) is 0. The minimum Gasteiger partial charge on any atom is -0.478 e. The average Bonchev–Trinajstić information content (AvgIpc) is 2.46. The first-order chi connectivity index (χ1) is 9.56. The molecule has 0 spiro atoms. The summed E-state index contributed by atoms with van der Waals surface area (Å²) in [6.07, 6.45) is 0. The molecule has 0 radical (unpaired) electrons. The second-order valence-electron chi connectivity index (χ2n) is 4.12. The quantitative estimate of drug-likeness (QED) is 0.825. The maximum absolute atomic E-state index is 10.7. The first-order valence-electron chi connectivity index (χ1n) is 5.84. The normalized spacial score (nSPS) is 10.2. The van der Waals surface area contributed by atoms with Crippen LogP contribution in [0.15, 0.2) is 53.4 Å². The minimum absolute atomic E-state index is 0.264. The lowest BCUT2D eigenvalue weighted by molar-refractivity contribution is 0.0686.